The lowest BCUT2D eigenvalue weighted by Crippen LogP contribution is -2.24. The van der Waals surface area contributed by atoms with Crippen LogP contribution in [0.5, 0.6) is 5.75 Å². The molecule has 3 nitrogen and oxygen atoms in total. The number of thiol groups is 1. The average molecular weight is 244 g/mol. The number of phenolic OH excluding ortho intramolecular Hbond substituents is 1. The van der Waals surface area contributed by atoms with Gasteiger partial charge in [0.15, 0.2) is 0 Å². The zero-order valence-electron chi connectivity index (χ0n) is 7.85. The lowest BCUT2D eigenvalue weighted by Gasteiger charge is -2.18. The topological polar surface area (TPSA) is 40.5 Å². The Hall–Kier alpha value is -0.870. The quantitative estimate of drug-likeness (QED) is 0.742. The highest BCUT2D eigenvalue weighted by molar-refractivity contribution is 7.81. The molecule has 1 aliphatic heterocycles. The molecular weight excluding hydrogens is 234 g/mol. The van der Waals surface area contributed by atoms with Crippen LogP contribution in [0.2, 0.25) is 5.02 Å². The molecule has 0 bridgehead atoms. The third-order valence-corrected chi connectivity index (χ3v) is 2.99. The molecule has 1 aromatic carbocycles. The largest absolute Gasteiger partial charge is 0.506 e. The summed E-state index contributed by atoms with van der Waals surface area (Å²) in [6.45, 7) is 0.485. The molecule has 80 valence electrons. The minimum Gasteiger partial charge on any atom is -0.506 e. The molecule has 1 heterocycles. The Morgan fingerprint density at radius 1 is 1.53 bits per heavy atom. The molecule has 15 heavy (non-hydrogen) atoms. The summed E-state index contributed by atoms with van der Waals surface area (Å²) in [4.78, 5) is 13.1. The molecule has 1 atom stereocenters. The van der Waals surface area contributed by atoms with E-state index < -0.39 is 0 Å². The lowest BCUT2D eigenvalue weighted by atomic mass is 10.2. The molecule has 1 amide bonds. The van der Waals surface area contributed by atoms with Crippen LogP contribution in [0.3, 0.4) is 0 Å². The first-order valence-corrected chi connectivity index (χ1v) is 5.45. The van der Waals surface area contributed by atoms with Crippen molar-refractivity contribution in [2.45, 2.75) is 11.7 Å². The number of carbonyl (C=O) groups is 1. The van der Waals surface area contributed by atoms with Crippen molar-refractivity contribution in [1.82, 2.24) is 0 Å². The third-order valence-electron chi connectivity index (χ3n) is 2.34. The van der Waals surface area contributed by atoms with E-state index in [1.807, 2.05) is 0 Å². The van der Waals surface area contributed by atoms with E-state index in [1.165, 1.54) is 11.0 Å². The molecule has 1 saturated heterocycles. The van der Waals surface area contributed by atoms with Crippen LogP contribution in [0.25, 0.3) is 0 Å². The first-order valence-electron chi connectivity index (χ1n) is 4.55. The number of hydrogen-bond acceptors (Lipinski definition) is 3. The maximum absolute atomic E-state index is 11.6. The number of rotatable bonds is 1. The van der Waals surface area contributed by atoms with Crippen molar-refractivity contribution in [3.63, 3.8) is 0 Å². The van der Waals surface area contributed by atoms with Gasteiger partial charge >= 0.3 is 0 Å². The Balaban J connectivity index is 2.41. The Labute approximate surface area is 98.1 Å². The van der Waals surface area contributed by atoms with E-state index in [0.29, 0.717) is 23.7 Å². The SMILES string of the molecule is O=C1CC(S)CN1c1c(O)cccc1Cl. The summed E-state index contributed by atoms with van der Waals surface area (Å²) < 4.78 is 0. The monoisotopic (exact) mass is 243 g/mol. The normalized spacial score (nSPS) is 21.1. The van der Waals surface area contributed by atoms with Crippen molar-refractivity contribution in [2.75, 3.05) is 11.4 Å². The highest BCUT2D eigenvalue weighted by Crippen LogP contribution is 2.37. The summed E-state index contributed by atoms with van der Waals surface area (Å²) >= 11 is 10.2. The van der Waals surface area contributed by atoms with Gasteiger partial charge < -0.3 is 10.0 Å². The van der Waals surface area contributed by atoms with Crippen molar-refractivity contribution < 1.29 is 9.90 Å². The highest BCUT2D eigenvalue weighted by Gasteiger charge is 2.31. The van der Waals surface area contributed by atoms with Gasteiger partial charge in [-0.1, -0.05) is 17.7 Å². The van der Waals surface area contributed by atoms with E-state index in [9.17, 15) is 9.90 Å². The number of halogens is 1. The lowest BCUT2D eigenvalue weighted by molar-refractivity contribution is -0.117. The zero-order valence-corrected chi connectivity index (χ0v) is 9.50. The molecular formula is C10H10ClNO2S. The van der Waals surface area contributed by atoms with Crippen LogP contribution in [0.1, 0.15) is 6.42 Å². The van der Waals surface area contributed by atoms with Crippen LogP contribution in [0.15, 0.2) is 18.2 Å². The summed E-state index contributed by atoms with van der Waals surface area (Å²) in [7, 11) is 0. The second-order valence-corrected chi connectivity index (χ2v) is 4.61. The number of benzene rings is 1. The minimum absolute atomic E-state index is 0.00757. The van der Waals surface area contributed by atoms with Crippen LogP contribution in [0.4, 0.5) is 5.69 Å². The first-order chi connectivity index (χ1) is 7.09. The van der Waals surface area contributed by atoms with Gasteiger partial charge in [0.1, 0.15) is 11.4 Å². The highest BCUT2D eigenvalue weighted by atomic mass is 35.5. The van der Waals surface area contributed by atoms with Gasteiger partial charge in [-0.3, -0.25) is 4.79 Å². The fraction of sp³-hybridized carbons (Fsp3) is 0.300. The van der Waals surface area contributed by atoms with Gasteiger partial charge in [0.2, 0.25) is 5.91 Å². The number of phenols is 1. The van der Waals surface area contributed by atoms with Crippen molar-refractivity contribution in [2.24, 2.45) is 0 Å². The molecule has 1 fully saturated rings. The number of anilines is 1. The molecule has 5 heteroatoms. The number of carbonyl (C=O) groups excluding carboxylic acids is 1. The van der Waals surface area contributed by atoms with Gasteiger partial charge in [-0.05, 0) is 12.1 Å². The molecule has 1 N–H and O–H groups in total. The summed E-state index contributed by atoms with van der Waals surface area (Å²) in [6.07, 6.45) is 0.383. The second kappa shape index (κ2) is 3.94. The predicted molar refractivity (Wildman–Crippen MR) is 62.9 cm³/mol. The van der Waals surface area contributed by atoms with E-state index in [0.717, 1.165) is 0 Å². The van der Waals surface area contributed by atoms with Gasteiger partial charge in [-0.15, -0.1) is 0 Å². The maximum Gasteiger partial charge on any atom is 0.228 e. The number of amides is 1. The number of para-hydroxylation sites is 1. The molecule has 2 rings (SSSR count). The van der Waals surface area contributed by atoms with Gasteiger partial charge in [-0.25, -0.2) is 0 Å². The van der Waals surface area contributed by atoms with Gasteiger partial charge in [-0.2, -0.15) is 12.6 Å². The van der Waals surface area contributed by atoms with E-state index in [2.05, 4.69) is 12.6 Å². The molecule has 1 aromatic rings. The predicted octanol–water partition coefficient (Wildman–Crippen LogP) is 2.08. The average Bonchev–Trinajstić information content (AvgIpc) is 2.45. The van der Waals surface area contributed by atoms with Crippen LogP contribution >= 0.6 is 24.2 Å². The second-order valence-electron chi connectivity index (χ2n) is 3.47. The Kier molecular flexibility index (Phi) is 2.80. The standard InChI is InChI=1S/C10H10ClNO2S/c11-7-2-1-3-8(13)10(7)12-5-6(15)4-9(12)14/h1-3,6,13,15H,4-5H2. The number of nitrogens with zero attached hydrogens (tertiary/aromatic N) is 1. The van der Waals surface area contributed by atoms with Crippen molar-refractivity contribution in [3.8, 4) is 5.75 Å². The van der Waals surface area contributed by atoms with Crippen molar-refractivity contribution in [3.05, 3.63) is 23.2 Å². The van der Waals surface area contributed by atoms with E-state index >= 15 is 0 Å². The summed E-state index contributed by atoms with van der Waals surface area (Å²) in [5, 5.41) is 10.0. The Bertz CT molecular complexity index is 390. The molecule has 0 aliphatic carbocycles. The van der Waals surface area contributed by atoms with Crippen LogP contribution in [-0.2, 0) is 4.79 Å². The van der Waals surface area contributed by atoms with E-state index in [-0.39, 0.29) is 16.9 Å². The zero-order chi connectivity index (χ0) is 11.0. The molecule has 1 aliphatic rings. The van der Waals surface area contributed by atoms with Crippen LogP contribution < -0.4 is 4.90 Å². The fourth-order valence-corrected chi connectivity index (χ4v) is 2.27. The molecule has 0 saturated carbocycles. The van der Waals surface area contributed by atoms with Gasteiger partial charge in [0, 0.05) is 18.2 Å². The van der Waals surface area contributed by atoms with E-state index in [4.69, 9.17) is 11.6 Å². The van der Waals surface area contributed by atoms with Gasteiger partial charge in [0.25, 0.3) is 0 Å². The smallest absolute Gasteiger partial charge is 0.228 e. The summed E-state index contributed by atoms with van der Waals surface area (Å²) in [6, 6.07) is 4.80. The third kappa shape index (κ3) is 1.92. The van der Waals surface area contributed by atoms with Crippen LogP contribution in [0, 0.1) is 0 Å². The minimum atomic E-state index is -0.0570. The van der Waals surface area contributed by atoms with Crippen LogP contribution in [-0.4, -0.2) is 22.8 Å². The number of hydrogen-bond donors (Lipinski definition) is 2. The maximum atomic E-state index is 11.6. The summed E-state index contributed by atoms with van der Waals surface area (Å²) in [5.41, 5.74) is 0.390. The van der Waals surface area contributed by atoms with Gasteiger partial charge in [0.05, 0.1) is 5.02 Å². The number of aromatic hydroxyl groups is 1. The van der Waals surface area contributed by atoms with Crippen molar-refractivity contribution >= 4 is 35.8 Å². The Morgan fingerprint density at radius 3 is 2.80 bits per heavy atom. The molecule has 1 unspecified atom stereocenters. The van der Waals surface area contributed by atoms with E-state index in [1.54, 1.807) is 12.1 Å². The Morgan fingerprint density at radius 2 is 2.27 bits per heavy atom. The van der Waals surface area contributed by atoms with Crippen molar-refractivity contribution in [1.29, 1.82) is 0 Å². The molecule has 0 aromatic heterocycles. The fourth-order valence-electron chi connectivity index (χ4n) is 1.68. The molecule has 0 radical (unpaired) electrons. The molecule has 0 spiro atoms. The first kappa shape index (κ1) is 10.6. The summed E-state index contributed by atoms with van der Waals surface area (Å²) in [5.74, 6) is -0.0308.